The van der Waals surface area contributed by atoms with E-state index in [0.29, 0.717) is 13.0 Å². The molecule has 0 saturated heterocycles. The molecule has 0 aliphatic carbocycles. The second-order valence-corrected chi connectivity index (χ2v) is 5.80. The van der Waals surface area contributed by atoms with Crippen LogP contribution < -0.4 is 16.2 Å². The quantitative estimate of drug-likeness (QED) is 0.855. The number of ether oxygens (including phenoxy) is 1. The van der Waals surface area contributed by atoms with Crippen LogP contribution in [0.1, 0.15) is 18.1 Å². The third-order valence-electron chi connectivity index (χ3n) is 3.04. The Kier molecular flexibility index (Phi) is 4.42. The number of nitrogens with two attached hydrogens (primary N) is 2. The minimum Gasteiger partial charge on any atom is -0.489 e. The van der Waals surface area contributed by atoms with E-state index in [1.165, 1.54) is 0 Å². The molecule has 1 unspecified atom stereocenters. The maximum Gasteiger partial charge on any atom is 0.237 e. The van der Waals surface area contributed by atoms with E-state index in [-0.39, 0.29) is 0 Å². The predicted molar refractivity (Wildman–Crippen MR) is 80.6 cm³/mol. The zero-order valence-electron chi connectivity index (χ0n) is 11.3. The Bertz CT molecular complexity index is 562. The van der Waals surface area contributed by atoms with Crippen molar-refractivity contribution in [3.63, 3.8) is 0 Å². The lowest BCUT2D eigenvalue weighted by atomic mass is 9.93. The highest BCUT2D eigenvalue weighted by Gasteiger charge is 2.25. The van der Waals surface area contributed by atoms with E-state index < -0.39 is 11.4 Å². The average molecular weight is 290 g/mol. The summed E-state index contributed by atoms with van der Waals surface area (Å²) in [7, 11) is 0. The fourth-order valence-corrected chi connectivity index (χ4v) is 2.41. The molecule has 0 aliphatic heterocycles. The van der Waals surface area contributed by atoms with Crippen LogP contribution in [0.15, 0.2) is 41.1 Å². The minimum atomic E-state index is -1.03. The monoisotopic (exact) mass is 290 g/mol. The maximum absolute atomic E-state index is 11.2. The average Bonchev–Trinajstić information content (AvgIpc) is 2.90. The van der Waals surface area contributed by atoms with Crippen molar-refractivity contribution >= 4 is 17.2 Å². The first-order valence-electron chi connectivity index (χ1n) is 6.29. The highest BCUT2D eigenvalue weighted by Crippen LogP contribution is 2.17. The van der Waals surface area contributed by atoms with Crippen LogP contribution in [0.3, 0.4) is 0 Å². The van der Waals surface area contributed by atoms with E-state index in [0.717, 1.165) is 16.9 Å². The number of benzene rings is 1. The van der Waals surface area contributed by atoms with E-state index in [4.69, 9.17) is 16.2 Å². The molecule has 0 bridgehead atoms. The normalized spacial score (nSPS) is 13.7. The molecule has 4 nitrogen and oxygen atoms in total. The van der Waals surface area contributed by atoms with Gasteiger partial charge in [0.15, 0.2) is 0 Å². The zero-order chi connectivity index (χ0) is 14.6. The Balaban J connectivity index is 1.94. The summed E-state index contributed by atoms with van der Waals surface area (Å²) in [5.74, 6) is 0.285. The molecular weight excluding hydrogens is 272 g/mol. The number of amides is 1. The first kappa shape index (κ1) is 14.6. The van der Waals surface area contributed by atoms with Crippen LogP contribution in [-0.4, -0.2) is 11.4 Å². The van der Waals surface area contributed by atoms with Crippen LogP contribution in [-0.2, 0) is 17.8 Å². The number of carbonyl (C=O) groups excluding carboxylic acids is 1. The van der Waals surface area contributed by atoms with Crippen molar-refractivity contribution in [3.05, 3.63) is 52.2 Å². The van der Waals surface area contributed by atoms with Gasteiger partial charge in [-0.25, -0.2) is 0 Å². The molecule has 1 aromatic heterocycles. The van der Waals surface area contributed by atoms with Gasteiger partial charge in [0.2, 0.25) is 5.91 Å². The molecule has 0 aliphatic rings. The highest BCUT2D eigenvalue weighted by molar-refractivity contribution is 7.07. The molecule has 0 radical (unpaired) electrons. The summed E-state index contributed by atoms with van der Waals surface area (Å²) in [5, 5.41) is 4.08. The van der Waals surface area contributed by atoms with E-state index >= 15 is 0 Å². The predicted octanol–water partition coefficient (Wildman–Crippen LogP) is 2.07. The molecule has 1 heterocycles. The van der Waals surface area contributed by atoms with Gasteiger partial charge in [0.1, 0.15) is 12.4 Å². The Hall–Kier alpha value is -1.85. The van der Waals surface area contributed by atoms with Gasteiger partial charge in [-0.1, -0.05) is 12.1 Å². The summed E-state index contributed by atoms with van der Waals surface area (Å²) in [6.45, 7) is 2.19. The smallest absolute Gasteiger partial charge is 0.237 e. The van der Waals surface area contributed by atoms with Gasteiger partial charge in [-0.2, -0.15) is 11.3 Å². The van der Waals surface area contributed by atoms with Crippen LogP contribution in [0.25, 0.3) is 0 Å². The molecule has 5 heteroatoms. The number of rotatable bonds is 6. The molecule has 1 amide bonds. The van der Waals surface area contributed by atoms with Gasteiger partial charge in [0.25, 0.3) is 0 Å². The number of primary amides is 1. The molecule has 2 rings (SSSR count). The van der Waals surface area contributed by atoms with Crippen LogP contribution in [0.2, 0.25) is 0 Å². The van der Waals surface area contributed by atoms with Gasteiger partial charge in [-0.05, 0) is 53.4 Å². The molecule has 1 atom stereocenters. The Morgan fingerprint density at radius 2 is 1.95 bits per heavy atom. The van der Waals surface area contributed by atoms with Crippen LogP contribution in [0.4, 0.5) is 0 Å². The van der Waals surface area contributed by atoms with E-state index in [9.17, 15) is 4.79 Å². The molecule has 4 N–H and O–H groups in total. The molecule has 0 saturated carbocycles. The third kappa shape index (κ3) is 3.82. The molecule has 2 aromatic rings. The molecule has 106 valence electrons. The van der Waals surface area contributed by atoms with E-state index in [2.05, 4.69) is 5.38 Å². The van der Waals surface area contributed by atoms with E-state index in [1.807, 2.05) is 35.7 Å². The summed E-state index contributed by atoms with van der Waals surface area (Å²) >= 11 is 1.65. The van der Waals surface area contributed by atoms with Crippen LogP contribution >= 0.6 is 11.3 Å². The van der Waals surface area contributed by atoms with Crippen molar-refractivity contribution in [1.29, 1.82) is 0 Å². The number of hydrogen-bond acceptors (Lipinski definition) is 4. The summed E-state index contributed by atoms with van der Waals surface area (Å²) in [5.41, 5.74) is 12.2. The first-order chi connectivity index (χ1) is 9.47. The Morgan fingerprint density at radius 3 is 2.50 bits per heavy atom. The lowest BCUT2D eigenvalue weighted by Crippen LogP contribution is -2.51. The third-order valence-corrected chi connectivity index (χ3v) is 3.78. The van der Waals surface area contributed by atoms with Gasteiger partial charge in [-0.3, -0.25) is 4.79 Å². The van der Waals surface area contributed by atoms with Crippen molar-refractivity contribution in [1.82, 2.24) is 0 Å². The topological polar surface area (TPSA) is 78.3 Å². The molecule has 1 aromatic carbocycles. The summed E-state index contributed by atoms with van der Waals surface area (Å²) < 4.78 is 5.67. The van der Waals surface area contributed by atoms with E-state index in [1.54, 1.807) is 18.3 Å². The SMILES string of the molecule is CC(N)(Cc1ccc(OCc2ccsc2)cc1)C(N)=O. The van der Waals surface area contributed by atoms with Crippen LogP contribution in [0, 0.1) is 0 Å². The van der Waals surface area contributed by atoms with Gasteiger partial charge >= 0.3 is 0 Å². The lowest BCUT2D eigenvalue weighted by Gasteiger charge is -2.20. The fourth-order valence-electron chi connectivity index (χ4n) is 1.76. The van der Waals surface area contributed by atoms with Gasteiger partial charge in [-0.15, -0.1) is 0 Å². The number of thiophene rings is 1. The number of hydrogen-bond donors (Lipinski definition) is 2. The Morgan fingerprint density at radius 1 is 1.25 bits per heavy atom. The maximum atomic E-state index is 11.2. The van der Waals surface area contributed by atoms with Crippen molar-refractivity contribution in [2.45, 2.75) is 25.5 Å². The molecule has 20 heavy (non-hydrogen) atoms. The molecular formula is C15H18N2O2S. The summed E-state index contributed by atoms with van der Waals surface area (Å²) in [4.78, 5) is 11.2. The van der Waals surface area contributed by atoms with Gasteiger partial charge in [0, 0.05) is 0 Å². The van der Waals surface area contributed by atoms with Crippen molar-refractivity contribution < 1.29 is 9.53 Å². The standard InChI is InChI=1S/C15H18N2O2S/c1-15(17,14(16)18)8-11-2-4-13(5-3-11)19-9-12-6-7-20-10-12/h2-7,10H,8-9,17H2,1H3,(H2,16,18). The van der Waals surface area contributed by atoms with Crippen molar-refractivity contribution in [3.8, 4) is 5.75 Å². The lowest BCUT2D eigenvalue weighted by molar-refractivity contribution is -0.122. The highest BCUT2D eigenvalue weighted by atomic mass is 32.1. The fraction of sp³-hybridized carbons (Fsp3) is 0.267. The zero-order valence-corrected chi connectivity index (χ0v) is 12.2. The van der Waals surface area contributed by atoms with Crippen molar-refractivity contribution in [2.75, 3.05) is 0 Å². The molecule has 0 fully saturated rings. The Labute approximate surface area is 122 Å². The number of carbonyl (C=O) groups is 1. The second kappa shape index (κ2) is 6.07. The molecule has 0 spiro atoms. The van der Waals surface area contributed by atoms with Gasteiger partial charge in [0.05, 0.1) is 5.54 Å². The first-order valence-corrected chi connectivity index (χ1v) is 7.23. The van der Waals surface area contributed by atoms with Crippen molar-refractivity contribution in [2.24, 2.45) is 11.5 Å². The summed E-state index contributed by atoms with van der Waals surface area (Å²) in [6.07, 6.45) is 0.410. The largest absolute Gasteiger partial charge is 0.489 e. The van der Waals surface area contributed by atoms with Gasteiger partial charge < -0.3 is 16.2 Å². The summed E-state index contributed by atoms with van der Waals surface area (Å²) in [6, 6.07) is 9.58. The minimum absolute atomic E-state index is 0.410. The second-order valence-electron chi connectivity index (χ2n) is 5.02. The van der Waals surface area contributed by atoms with Crippen LogP contribution in [0.5, 0.6) is 5.75 Å².